The van der Waals surface area contributed by atoms with Gasteiger partial charge in [0.05, 0.1) is 24.6 Å². The third kappa shape index (κ3) is 2.67. The molecular formula is C9H12N6. The second-order valence-electron chi connectivity index (χ2n) is 3.05. The third-order valence-electron chi connectivity index (χ3n) is 1.86. The molecule has 2 aromatic heterocycles. The topological polar surface area (TPSA) is 81.6 Å². The first kappa shape index (κ1) is 9.45. The predicted molar refractivity (Wildman–Crippen MR) is 57.2 cm³/mol. The number of nitrogens with zero attached hydrogens (tertiary/aromatic N) is 4. The quantitative estimate of drug-likeness (QED) is 0.751. The normalized spacial score (nSPS) is 10.1. The highest BCUT2D eigenvalue weighted by Crippen LogP contribution is 1.99. The van der Waals surface area contributed by atoms with Gasteiger partial charge in [-0.3, -0.25) is 9.67 Å². The van der Waals surface area contributed by atoms with E-state index in [9.17, 15) is 0 Å². The molecule has 2 rings (SSSR count). The number of rotatable bonds is 4. The van der Waals surface area contributed by atoms with Gasteiger partial charge in [-0.15, -0.1) is 0 Å². The number of nitrogen functional groups attached to an aromatic ring is 1. The fourth-order valence-corrected chi connectivity index (χ4v) is 1.19. The van der Waals surface area contributed by atoms with Gasteiger partial charge in [-0.05, 0) is 0 Å². The van der Waals surface area contributed by atoms with Crippen LogP contribution in [0.25, 0.3) is 0 Å². The summed E-state index contributed by atoms with van der Waals surface area (Å²) in [5.41, 5.74) is 6.21. The number of nitrogens with one attached hydrogen (secondary N) is 1. The van der Waals surface area contributed by atoms with Gasteiger partial charge in [0, 0.05) is 25.1 Å². The van der Waals surface area contributed by atoms with Crippen LogP contribution in [-0.2, 0) is 6.54 Å². The lowest BCUT2D eigenvalue weighted by Gasteiger charge is -2.04. The van der Waals surface area contributed by atoms with Gasteiger partial charge >= 0.3 is 0 Å². The summed E-state index contributed by atoms with van der Waals surface area (Å²) in [6.07, 6.45) is 8.38. The van der Waals surface area contributed by atoms with Gasteiger partial charge in [-0.2, -0.15) is 5.10 Å². The smallest absolute Gasteiger partial charge is 0.144 e. The van der Waals surface area contributed by atoms with Gasteiger partial charge in [0.1, 0.15) is 5.82 Å². The molecule has 0 fully saturated rings. The van der Waals surface area contributed by atoms with Crippen molar-refractivity contribution in [1.82, 2.24) is 19.7 Å². The molecule has 2 heterocycles. The molecule has 0 aromatic carbocycles. The van der Waals surface area contributed by atoms with E-state index in [1.54, 1.807) is 35.7 Å². The molecule has 6 heteroatoms. The molecule has 0 saturated carbocycles. The maximum Gasteiger partial charge on any atom is 0.144 e. The monoisotopic (exact) mass is 204 g/mol. The lowest BCUT2D eigenvalue weighted by molar-refractivity contribution is 0.637. The molecule has 0 aliphatic carbocycles. The molecule has 0 atom stereocenters. The van der Waals surface area contributed by atoms with Crippen LogP contribution >= 0.6 is 0 Å². The number of aromatic nitrogens is 4. The first-order chi connectivity index (χ1) is 7.34. The molecule has 0 saturated heterocycles. The second kappa shape index (κ2) is 4.41. The summed E-state index contributed by atoms with van der Waals surface area (Å²) in [5.74, 6) is 0.762. The first-order valence-corrected chi connectivity index (χ1v) is 4.62. The SMILES string of the molecule is Nc1cnn(CCNc2cnccn2)c1. The minimum absolute atomic E-state index is 0.675. The molecule has 6 nitrogen and oxygen atoms in total. The minimum atomic E-state index is 0.675. The largest absolute Gasteiger partial charge is 0.396 e. The van der Waals surface area contributed by atoms with E-state index in [-0.39, 0.29) is 0 Å². The Morgan fingerprint density at radius 1 is 1.33 bits per heavy atom. The Balaban J connectivity index is 1.80. The fraction of sp³-hybridized carbons (Fsp3) is 0.222. The highest BCUT2D eigenvalue weighted by Gasteiger charge is 1.95. The molecule has 0 aliphatic heterocycles. The molecule has 0 aliphatic rings. The van der Waals surface area contributed by atoms with Gasteiger partial charge in [-0.1, -0.05) is 0 Å². The van der Waals surface area contributed by atoms with Gasteiger partial charge in [-0.25, -0.2) is 4.98 Å². The Bertz CT molecular complexity index is 410. The molecule has 0 radical (unpaired) electrons. The molecule has 0 spiro atoms. The molecule has 0 bridgehead atoms. The molecule has 15 heavy (non-hydrogen) atoms. The minimum Gasteiger partial charge on any atom is -0.396 e. The van der Waals surface area contributed by atoms with Crippen LogP contribution in [0.5, 0.6) is 0 Å². The Hall–Kier alpha value is -2.11. The first-order valence-electron chi connectivity index (χ1n) is 4.62. The number of hydrogen-bond acceptors (Lipinski definition) is 5. The van der Waals surface area contributed by atoms with E-state index >= 15 is 0 Å². The van der Waals surface area contributed by atoms with Crippen molar-refractivity contribution in [2.75, 3.05) is 17.6 Å². The van der Waals surface area contributed by atoms with E-state index in [1.807, 2.05) is 0 Å². The summed E-state index contributed by atoms with van der Waals surface area (Å²) in [6.45, 7) is 1.48. The molecule has 78 valence electrons. The maximum atomic E-state index is 5.54. The van der Waals surface area contributed by atoms with Crippen LogP contribution in [0, 0.1) is 0 Å². The van der Waals surface area contributed by atoms with Crippen LogP contribution < -0.4 is 11.1 Å². The maximum absolute atomic E-state index is 5.54. The zero-order valence-corrected chi connectivity index (χ0v) is 8.17. The van der Waals surface area contributed by atoms with Crippen molar-refractivity contribution in [2.24, 2.45) is 0 Å². The van der Waals surface area contributed by atoms with Crippen LogP contribution in [0.2, 0.25) is 0 Å². The summed E-state index contributed by atoms with van der Waals surface area (Å²) < 4.78 is 1.78. The van der Waals surface area contributed by atoms with E-state index < -0.39 is 0 Å². The molecule has 0 amide bonds. The summed E-state index contributed by atoms with van der Waals surface area (Å²) in [4.78, 5) is 8.03. The predicted octanol–water partition coefficient (Wildman–Crippen LogP) is 0.367. The lowest BCUT2D eigenvalue weighted by atomic mass is 10.5. The van der Waals surface area contributed by atoms with Crippen LogP contribution in [0.4, 0.5) is 11.5 Å². The van der Waals surface area contributed by atoms with Crippen molar-refractivity contribution in [3.63, 3.8) is 0 Å². The number of hydrogen-bond donors (Lipinski definition) is 2. The van der Waals surface area contributed by atoms with Crippen molar-refractivity contribution < 1.29 is 0 Å². The van der Waals surface area contributed by atoms with E-state index in [4.69, 9.17) is 5.73 Å². The molecule has 2 aromatic rings. The molecular weight excluding hydrogens is 192 g/mol. The van der Waals surface area contributed by atoms with Crippen molar-refractivity contribution in [1.29, 1.82) is 0 Å². The van der Waals surface area contributed by atoms with Gasteiger partial charge < -0.3 is 11.1 Å². The average Bonchev–Trinajstić information content (AvgIpc) is 2.66. The highest BCUT2D eigenvalue weighted by molar-refractivity contribution is 5.31. The highest BCUT2D eigenvalue weighted by atomic mass is 15.3. The van der Waals surface area contributed by atoms with Crippen LogP contribution in [0.1, 0.15) is 0 Å². The van der Waals surface area contributed by atoms with Crippen molar-refractivity contribution >= 4 is 11.5 Å². The summed E-state index contributed by atoms with van der Waals surface area (Å²) in [7, 11) is 0. The summed E-state index contributed by atoms with van der Waals surface area (Å²) in [5, 5.41) is 7.19. The third-order valence-corrected chi connectivity index (χ3v) is 1.86. The zero-order valence-electron chi connectivity index (χ0n) is 8.17. The zero-order chi connectivity index (χ0) is 10.5. The summed E-state index contributed by atoms with van der Waals surface area (Å²) >= 11 is 0. The Morgan fingerprint density at radius 2 is 2.27 bits per heavy atom. The van der Waals surface area contributed by atoms with Gasteiger partial charge in [0.15, 0.2) is 0 Å². The lowest BCUT2D eigenvalue weighted by Crippen LogP contribution is -2.11. The summed E-state index contributed by atoms with van der Waals surface area (Å²) in [6, 6.07) is 0. The second-order valence-corrected chi connectivity index (χ2v) is 3.05. The standard InChI is InChI=1S/C9H12N6/c10-8-5-14-15(7-8)4-3-13-9-6-11-1-2-12-9/h1-2,5-7H,3-4,10H2,(H,12,13). The number of nitrogens with two attached hydrogens (primary N) is 1. The van der Waals surface area contributed by atoms with Crippen molar-refractivity contribution in [2.45, 2.75) is 6.54 Å². The van der Waals surface area contributed by atoms with Crippen molar-refractivity contribution in [3.8, 4) is 0 Å². The van der Waals surface area contributed by atoms with Gasteiger partial charge in [0.2, 0.25) is 0 Å². The Kier molecular flexibility index (Phi) is 2.77. The molecule has 3 N–H and O–H groups in total. The van der Waals surface area contributed by atoms with Crippen LogP contribution in [0.15, 0.2) is 31.0 Å². The van der Waals surface area contributed by atoms with E-state index in [0.717, 1.165) is 18.9 Å². The average molecular weight is 204 g/mol. The number of anilines is 2. The Labute approximate surface area is 87.2 Å². The Morgan fingerprint density at radius 3 is 2.93 bits per heavy atom. The van der Waals surface area contributed by atoms with E-state index in [0.29, 0.717) is 5.69 Å². The molecule has 0 unspecified atom stereocenters. The van der Waals surface area contributed by atoms with E-state index in [1.165, 1.54) is 0 Å². The van der Waals surface area contributed by atoms with E-state index in [2.05, 4.69) is 20.4 Å². The van der Waals surface area contributed by atoms with Gasteiger partial charge in [0.25, 0.3) is 0 Å². The van der Waals surface area contributed by atoms with Crippen LogP contribution in [0.3, 0.4) is 0 Å². The van der Waals surface area contributed by atoms with Crippen LogP contribution in [-0.4, -0.2) is 26.3 Å². The van der Waals surface area contributed by atoms with Crippen molar-refractivity contribution in [3.05, 3.63) is 31.0 Å². The fourth-order valence-electron chi connectivity index (χ4n) is 1.19.